The first-order valence-corrected chi connectivity index (χ1v) is 8.09. The fourth-order valence-corrected chi connectivity index (χ4v) is 2.53. The van der Waals surface area contributed by atoms with Crippen molar-refractivity contribution in [1.82, 2.24) is 10.5 Å². The Bertz CT molecular complexity index is 781. The lowest BCUT2D eigenvalue weighted by molar-refractivity contribution is -0.131. The fraction of sp³-hybridized carbons (Fsp3) is 0.368. The third kappa shape index (κ3) is 4.77. The van der Waals surface area contributed by atoms with Crippen molar-refractivity contribution in [2.75, 3.05) is 0 Å². The number of hydrogen-bond acceptors (Lipinski definition) is 5. The van der Waals surface area contributed by atoms with Crippen molar-refractivity contribution in [2.24, 2.45) is 5.92 Å². The Morgan fingerprint density at radius 2 is 1.92 bits per heavy atom. The van der Waals surface area contributed by atoms with Crippen molar-refractivity contribution < 1.29 is 14.1 Å². The molecule has 2 rings (SSSR count). The van der Waals surface area contributed by atoms with Crippen molar-refractivity contribution in [1.29, 1.82) is 5.26 Å². The van der Waals surface area contributed by atoms with E-state index in [0.717, 1.165) is 22.4 Å². The van der Waals surface area contributed by atoms with Gasteiger partial charge in [-0.1, -0.05) is 35.0 Å². The highest BCUT2D eigenvalue weighted by atomic mass is 16.5. The maximum atomic E-state index is 12.3. The van der Waals surface area contributed by atoms with Crippen molar-refractivity contribution in [3.8, 4) is 6.07 Å². The number of benzene rings is 1. The Labute approximate surface area is 146 Å². The molecule has 130 valence electrons. The summed E-state index contributed by atoms with van der Waals surface area (Å²) in [6.07, 6.45) is 0.502. The third-order valence-corrected chi connectivity index (χ3v) is 4.10. The van der Waals surface area contributed by atoms with Crippen LogP contribution in [0.25, 0.3) is 0 Å². The molecule has 1 aromatic heterocycles. The van der Waals surface area contributed by atoms with Crippen LogP contribution in [0.5, 0.6) is 0 Å². The van der Waals surface area contributed by atoms with E-state index in [2.05, 4.69) is 10.5 Å². The van der Waals surface area contributed by atoms with E-state index < -0.39 is 17.6 Å². The van der Waals surface area contributed by atoms with E-state index in [1.807, 2.05) is 31.2 Å². The molecule has 0 unspecified atom stereocenters. The highest BCUT2D eigenvalue weighted by molar-refractivity contribution is 6.03. The van der Waals surface area contributed by atoms with Gasteiger partial charge in [-0.3, -0.25) is 9.59 Å². The number of carbonyl (C=O) groups is 2. The Hall–Kier alpha value is -2.94. The molecule has 0 fully saturated rings. The Balaban J connectivity index is 1.91. The predicted octanol–water partition coefficient (Wildman–Crippen LogP) is 2.56. The number of nitrogens with zero attached hydrogens (tertiary/aromatic N) is 2. The molecule has 1 heterocycles. The topological polar surface area (TPSA) is 96.0 Å². The zero-order chi connectivity index (χ0) is 18.4. The van der Waals surface area contributed by atoms with Crippen molar-refractivity contribution in [3.05, 3.63) is 52.4 Å². The summed E-state index contributed by atoms with van der Waals surface area (Å²) in [5.41, 5.74) is 3.62. The maximum absolute atomic E-state index is 12.3. The summed E-state index contributed by atoms with van der Waals surface area (Å²) in [6.45, 7) is 5.84. The summed E-state index contributed by atoms with van der Waals surface area (Å²) < 4.78 is 5.05. The smallest absolute Gasteiger partial charge is 0.245 e. The third-order valence-electron chi connectivity index (χ3n) is 4.10. The molecule has 1 aromatic carbocycles. The summed E-state index contributed by atoms with van der Waals surface area (Å²) in [4.78, 5) is 24.4. The maximum Gasteiger partial charge on any atom is 0.245 e. The molecule has 0 aliphatic rings. The van der Waals surface area contributed by atoms with Gasteiger partial charge >= 0.3 is 0 Å². The molecule has 0 spiro atoms. The summed E-state index contributed by atoms with van der Waals surface area (Å²) in [6, 6.07) is 9.49. The monoisotopic (exact) mass is 339 g/mol. The lowest BCUT2D eigenvalue weighted by Crippen LogP contribution is -2.34. The number of amides is 1. The Kier molecular flexibility index (Phi) is 6.07. The van der Waals surface area contributed by atoms with E-state index in [1.165, 1.54) is 0 Å². The van der Waals surface area contributed by atoms with Crippen LogP contribution in [-0.4, -0.2) is 16.8 Å². The quantitative estimate of drug-likeness (QED) is 0.782. The number of ketones is 1. The van der Waals surface area contributed by atoms with Gasteiger partial charge in [0.15, 0.2) is 11.7 Å². The van der Waals surface area contributed by atoms with E-state index in [9.17, 15) is 14.9 Å². The molecule has 1 amide bonds. The van der Waals surface area contributed by atoms with Gasteiger partial charge in [0, 0.05) is 18.5 Å². The standard InChI is InChI=1S/C19H21N3O3/c1-12-4-6-15(7-5-12)11-21-19(24)17(10-20)18(23)9-8-16-13(2)22-25-14(16)3/h4-7,17H,8-9,11H2,1-3H3,(H,21,24)/t17-/m1/s1. The zero-order valence-corrected chi connectivity index (χ0v) is 14.6. The average molecular weight is 339 g/mol. The highest BCUT2D eigenvalue weighted by Gasteiger charge is 2.26. The second-order valence-electron chi connectivity index (χ2n) is 6.03. The molecule has 2 aromatic rings. The molecule has 6 heteroatoms. The first-order valence-electron chi connectivity index (χ1n) is 8.09. The molecule has 0 saturated heterocycles. The number of hydrogen-bond donors (Lipinski definition) is 1. The predicted molar refractivity (Wildman–Crippen MR) is 91.4 cm³/mol. The van der Waals surface area contributed by atoms with Crippen LogP contribution in [0.4, 0.5) is 0 Å². The van der Waals surface area contributed by atoms with Crippen molar-refractivity contribution >= 4 is 11.7 Å². The highest BCUT2D eigenvalue weighted by Crippen LogP contribution is 2.16. The van der Waals surface area contributed by atoms with Crippen LogP contribution in [-0.2, 0) is 22.6 Å². The van der Waals surface area contributed by atoms with Crippen LogP contribution in [0.15, 0.2) is 28.8 Å². The zero-order valence-electron chi connectivity index (χ0n) is 14.6. The first kappa shape index (κ1) is 18.4. The molecule has 1 N–H and O–H groups in total. The minimum Gasteiger partial charge on any atom is -0.361 e. The molecule has 6 nitrogen and oxygen atoms in total. The summed E-state index contributed by atoms with van der Waals surface area (Å²) >= 11 is 0. The van der Waals surface area contributed by atoms with Gasteiger partial charge in [-0.25, -0.2) is 0 Å². The normalized spacial score (nSPS) is 11.6. The largest absolute Gasteiger partial charge is 0.361 e. The van der Waals surface area contributed by atoms with E-state index in [1.54, 1.807) is 19.9 Å². The van der Waals surface area contributed by atoms with Crippen LogP contribution in [0.1, 0.15) is 34.6 Å². The second-order valence-corrected chi connectivity index (χ2v) is 6.03. The molecular formula is C19H21N3O3. The molecular weight excluding hydrogens is 318 g/mol. The SMILES string of the molecule is Cc1ccc(CNC(=O)[C@H](C#N)C(=O)CCc2c(C)noc2C)cc1. The minimum absolute atomic E-state index is 0.0963. The van der Waals surface area contributed by atoms with Gasteiger partial charge in [-0.2, -0.15) is 5.26 Å². The summed E-state index contributed by atoms with van der Waals surface area (Å²) in [5, 5.41) is 15.7. The van der Waals surface area contributed by atoms with E-state index in [0.29, 0.717) is 12.2 Å². The van der Waals surface area contributed by atoms with E-state index in [-0.39, 0.29) is 13.0 Å². The van der Waals surface area contributed by atoms with E-state index >= 15 is 0 Å². The number of aromatic nitrogens is 1. The van der Waals surface area contributed by atoms with Gasteiger partial charge in [0.05, 0.1) is 11.8 Å². The second kappa shape index (κ2) is 8.25. The van der Waals surface area contributed by atoms with Crippen LogP contribution >= 0.6 is 0 Å². The molecule has 0 aliphatic heterocycles. The van der Waals surface area contributed by atoms with Crippen molar-refractivity contribution in [2.45, 2.75) is 40.2 Å². The Morgan fingerprint density at radius 1 is 1.24 bits per heavy atom. The van der Waals surface area contributed by atoms with Gasteiger partial charge in [-0.15, -0.1) is 0 Å². The van der Waals surface area contributed by atoms with Gasteiger partial charge in [0.2, 0.25) is 5.91 Å². The molecule has 0 aliphatic carbocycles. The van der Waals surface area contributed by atoms with Crippen LogP contribution in [0.3, 0.4) is 0 Å². The number of aryl methyl sites for hydroxylation is 3. The number of rotatable bonds is 7. The van der Waals surface area contributed by atoms with Crippen LogP contribution in [0, 0.1) is 38.0 Å². The summed E-state index contributed by atoms with van der Waals surface area (Å²) in [5.74, 6) is -1.61. The number of nitriles is 1. The molecule has 0 bridgehead atoms. The lowest BCUT2D eigenvalue weighted by atomic mass is 9.97. The van der Waals surface area contributed by atoms with Crippen LogP contribution in [0.2, 0.25) is 0 Å². The van der Waals surface area contributed by atoms with Gasteiger partial charge < -0.3 is 9.84 Å². The van der Waals surface area contributed by atoms with Crippen LogP contribution < -0.4 is 5.32 Å². The number of Topliss-reactive ketones (excluding diaryl/α,β-unsaturated/α-hetero) is 1. The van der Waals surface area contributed by atoms with Crippen molar-refractivity contribution in [3.63, 3.8) is 0 Å². The van der Waals surface area contributed by atoms with E-state index in [4.69, 9.17) is 4.52 Å². The molecule has 0 saturated carbocycles. The first-order chi connectivity index (χ1) is 11.9. The fourth-order valence-electron chi connectivity index (χ4n) is 2.53. The van der Waals surface area contributed by atoms with Gasteiger partial charge in [-0.05, 0) is 32.8 Å². The average Bonchev–Trinajstić information content (AvgIpc) is 2.91. The molecule has 25 heavy (non-hydrogen) atoms. The summed E-state index contributed by atoms with van der Waals surface area (Å²) in [7, 11) is 0. The Morgan fingerprint density at radius 3 is 2.48 bits per heavy atom. The molecule has 1 atom stereocenters. The lowest BCUT2D eigenvalue weighted by Gasteiger charge is -2.10. The molecule has 0 radical (unpaired) electrons. The number of nitrogens with one attached hydrogen (secondary N) is 1. The minimum atomic E-state index is -1.30. The van der Waals surface area contributed by atoms with Gasteiger partial charge in [0.1, 0.15) is 5.76 Å². The van der Waals surface area contributed by atoms with Gasteiger partial charge in [0.25, 0.3) is 0 Å². The number of carbonyl (C=O) groups excluding carboxylic acids is 2.